The summed E-state index contributed by atoms with van der Waals surface area (Å²) >= 11 is 5.91. The molecule has 1 amide bonds. The van der Waals surface area contributed by atoms with Gasteiger partial charge in [0, 0.05) is 24.7 Å². The molecule has 32 heavy (non-hydrogen) atoms. The molecule has 0 radical (unpaired) electrons. The van der Waals surface area contributed by atoms with Gasteiger partial charge in [0.1, 0.15) is 16.8 Å². The van der Waals surface area contributed by atoms with Gasteiger partial charge in [-0.25, -0.2) is 14.4 Å². The lowest BCUT2D eigenvalue weighted by Gasteiger charge is -2.37. The van der Waals surface area contributed by atoms with E-state index in [2.05, 4.69) is 47.1 Å². The van der Waals surface area contributed by atoms with E-state index in [1.807, 2.05) is 0 Å². The standard InChI is InChI=1S/C25H28ClFN4O/c1-14(2)20-9-17(11-24-30-21-5-4-19(27)12-22(21)31-24)15(3)8-18(20)13-29-25(32)16-6-7-28-23(26)10-16/h4-8,10,12,14,17-18,20H,9,11,13H2,1-3H3,(H,29,32)(H,30,31). The Balaban J connectivity index is 1.46. The molecular weight excluding hydrogens is 427 g/mol. The highest BCUT2D eigenvalue weighted by molar-refractivity contribution is 6.29. The lowest BCUT2D eigenvalue weighted by Crippen LogP contribution is -2.37. The fraction of sp³-hybridized carbons (Fsp3) is 0.400. The van der Waals surface area contributed by atoms with Gasteiger partial charge in [0.15, 0.2) is 0 Å². The molecule has 1 aromatic carbocycles. The zero-order valence-electron chi connectivity index (χ0n) is 18.5. The molecule has 4 rings (SSSR count). The molecular formula is C25H28ClFN4O. The maximum atomic E-state index is 13.5. The second-order valence-electron chi connectivity index (χ2n) is 9.04. The summed E-state index contributed by atoms with van der Waals surface area (Å²) < 4.78 is 13.5. The van der Waals surface area contributed by atoms with Crippen LogP contribution in [0.5, 0.6) is 0 Å². The number of nitrogens with one attached hydrogen (secondary N) is 2. The van der Waals surface area contributed by atoms with Crippen molar-refractivity contribution in [2.45, 2.75) is 33.6 Å². The van der Waals surface area contributed by atoms with Crippen LogP contribution in [0.15, 0.2) is 48.2 Å². The number of allylic oxidation sites excluding steroid dienone is 1. The predicted octanol–water partition coefficient (Wildman–Crippen LogP) is 5.58. The second-order valence-corrected chi connectivity index (χ2v) is 9.43. The summed E-state index contributed by atoms with van der Waals surface area (Å²) in [6.45, 7) is 7.20. The van der Waals surface area contributed by atoms with Gasteiger partial charge in [-0.2, -0.15) is 0 Å². The Hall–Kier alpha value is -2.73. The van der Waals surface area contributed by atoms with Gasteiger partial charge in [-0.3, -0.25) is 4.79 Å². The van der Waals surface area contributed by atoms with Crippen molar-refractivity contribution in [1.82, 2.24) is 20.3 Å². The molecule has 2 heterocycles. The first-order valence-electron chi connectivity index (χ1n) is 11.0. The summed E-state index contributed by atoms with van der Waals surface area (Å²) in [7, 11) is 0. The van der Waals surface area contributed by atoms with Crippen LogP contribution in [0.1, 0.15) is 43.4 Å². The number of imidazole rings is 1. The topological polar surface area (TPSA) is 70.7 Å². The van der Waals surface area contributed by atoms with Crippen molar-refractivity contribution < 1.29 is 9.18 Å². The normalized spacial score (nSPS) is 21.1. The lowest BCUT2D eigenvalue weighted by molar-refractivity contribution is 0.0939. The van der Waals surface area contributed by atoms with Crippen LogP contribution in [-0.2, 0) is 6.42 Å². The van der Waals surface area contributed by atoms with Gasteiger partial charge in [-0.1, -0.05) is 37.1 Å². The average molecular weight is 455 g/mol. The van der Waals surface area contributed by atoms with Crippen LogP contribution in [0.3, 0.4) is 0 Å². The number of aromatic nitrogens is 3. The molecule has 168 valence electrons. The molecule has 0 fully saturated rings. The number of hydrogen-bond donors (Lipinski definition) is 2. The second kappa shape index (κ2) is 9.41. The van der Waals surface area contributed by atoms with Gasteiger partial charge in [-0.05, 0) is 67.3 Å². The number of fused-ring (bicyclic) bond motifs is 1. The summed E-state index contributed by atoms with van der Waals surface area (Å²) in [5, 5.41) is 3.37. The summed E-state index contributed by atoms with van der Waals surface area (Å²) in [5.74, 6) is 2.01. The van der Waals surface area contributed by atoms with Crippen LogP contribution in [0.25, 0.3) is 11.0 Å². The number of hydrogen-bond acceptors (Lipinski definition) is 3. The minimum Gasteiger partial charge on any atom is -0.351 e. The highest BCUT2D eigenvalue weighted by atomic mass is 35.5. The van der Waals surface area contributed by atoms with Gasteiger partial charge in [0.05, 0.1) is 11.0 Å². The van der Waals surface area contributed by atoms with E-state index in [0.717, 1.165) is 29.7 Å². The number of aromatic amines is 1. The molecule has 0 saturated carbocycles. The molecule has 2 aromatic heterocycles. The monoisotopic (exact) mass is 454 g/mol. The number of rotatable bonds is 6. The maximum absolute atomic E-state index is 13.5. The smallest absolute Gasteiger partial charge is 0.251 e. The Morgan fingerprint density at radius 1 is 1.31 bits per heavy atom. The first-order chi connectivity index (χ1) is 15.3. The van der Waals surface area contributed by atoms with Crippen LogP contribution in [0.2, 0.25) is 5.15 Å². The van der Waals surface area contributed by atoms with Crippen LogP contribution < -0.4 is 5.32 Å². The Morgan fingerprint density at radius 3 is 2.88 bits per heavy atom. The molecule has 2 N–H and O–H groups in total. The van der Waals surface area contributed by atoms with Gasteiger partial charge in [0.2, 0.25) is 0 Å². The SMILES string of the molecule is CC1=CC(CNC(=O)c2ccnc(Cl)c2)C(C(C)C)CC1Cc1nc2ccc(F)cc2[nH]1. The molecule has 3 atom stereocenters. The number of carbonyl (C=O) groups excluding carboxylic acids is 1. The molecule has 5 nitrogen and oxygen atoms in total. The summed E-state index contributed by atoms with van der Waals surface area (Å²) in [6.07, 6.45) is 5.65. The minimum absolute atomic E-state index is 0.139. The molecule has 7 heteroatoms. The van der Waals surface area contributed by atoms with Gasteiger partial charge in [-0.15, -0.1) is 0 Å². The molecule has 0 spiro atoms. The van der Waals surface area contributed by atoms with Crippen molar-refractivity contribution in [2.75, 3.05) is 6.54 Å². The zero-order chi connectivity index (χ0) is 22.8. The van der Waals surface area contributed by atoms with Crippen molar-refractivity contribution in [2.24, 2.45) is 23.7 Å². The van der Waals surface area contributed by atoms with Gasteiger partial charge < -0.3 is 10.3 Å². The highest BCUT2D eigenvalue weighted by Crippen LogP contribution is 2.38. The number of benzene rings is 1. The van der Waals surface area contributed by atoms with Crippen LogP contribution in [0.4, 0.5) is 4.39 Å². The van der Waals surface area contributed by atoms with E-state index in [0.29, 0.717) is 35.0 Å². The third-order valence-corrected chi connectivity index (χ3v) is 6.71. The van der Waals surface area contributed by atoms with E-state index in [4.69, 9.17) is 11.6 Å². The first-order valence-corrected chi connectivity index (χ1v) is 11.4. The van der Waals surface area contributed by atoms with Crippen LogP contribution in [-0.4, -0.2) is 27.4 Å². The fourth-order valence-electron chi connectivity index (χ4n) is 4.73. The zero-order valence-corrected chi connectivity index (χ0v) is 19.3. The lowest BCUT2D eigenvalue weighted by atomic mass is 9.69. The summed E-state index contributed by atoms with van der Waals surface area (Å²) in [6, 6.07) is 7.87. The van der Waals surface area contributed by atoms with E-state index in [1.165, 1.54) is 23.9 Å². The Labute approximate surface area is 192 Å². The van der Waals surface area contributed by atoms with E-state index < -0.39 is 0 Å². The number of amides is 1. The number of pyridine rings is 1. The molecule has 0 saturated heterocycles. The van der Waals surface area contributed by atoms with Gasteiger partial charge in [0.25, 0.3) is 5.91 Å². The Kier molecular flexibility index (Phi) is 6.60. The van der Waals surface area contributed by atoms with E-state index in [-0.39, 0.29) is 17.6 Å². The summed E-state index contributed by atoms with van der Waals surface area (Å²) in [5.41, 5.74) is 3.34. The van der Waals surface area contributed by atoms with E-state index in [9.17, 15) is 9.18 Å². The largest absolute Gasteiger partial charge is 0.351 e. The third kappa shape index (κ3) is 5.01. The fourth-order valence-corrected chi connectivity index (χ4v) is 4.90. The van der Waals surface area contributed by atoms with Crippen molar-refractivity contribution in [3.05, 3.63) is 70.5 Å². The molecule has 3 aromatic rings. The van der Waals surface area contributed by atoms with Crippen LogP contribution >= 0.6 is 11.6 Å². The number of carbonyl (C=O) groups is 1. The first kappa shape index (κ1) is 22.5. The molecule has 1 aliphatic carbocycles. The predicted molar refractivity (Wildman–Crippen MR) is 125 cm³/mol. The highest BCUT2D eigenvalue weighted by Gasteiger charge is 2.32. The Morgan fingerprint density at radius 2 is 2.12 bits per heavy atom. The number of halogens is 2. The summed E-state index contributed by atoms with van der Waals surface area (Å²) in [4.78, 5) is 24.4. The van der Waals surface area contributed by atoms with E-state index in [1.54, 1.807) is 18.2 Å². The average Bonchev–Trinajstić information content (AvgIpc) is 3.14. The number of H-pyrrole nitrogens is 1. The molecule has 0 bridgehead atoms. The molecule has 1 aliphatic rings. The minimum atomic E-state index is -0.264. The van der Waals surface area contributed by atoms with Crippen molar-refractivity contribution >= 4 is 28.5 Å². The molecule has 0 aliphatic heterocycles. The maximum Gasteiger partial charge on any atom is 0.251 e. The Bertz CT molecular complexity index is 1160. The molecule has 3 unspecified atom stereocenters. The quantitative estimate of drug-likeness (QED) is 0.377. The van der Waals surface area contributed by atoms with Crippen molar-refractivity contribution in [1.29, 1.82) is 0 Å². The number of nitrogens with zero attached hydrogens (tertiary/aromatic N) is 2. The van der Waals surface area contributed by atoms with Crippen molar-refractivity contribution in [3.8, 4) is 0 Å². The van der Waals surface area contributed by atoms with E-state index >= 15 is 0 Å². The van der Waals surface area contributed by atoms with Crippen molar-refractivity contribution in [3.63, 3.8) is 0 Å². The van der Waals surface area contributed by atoms with Crippen LogP contribution in [0, 0.1) is 29.5 Å². The third-order valence-electron chi connectivity index (χ3n) is 6.50. The van der Waals surface area contributed by atoms with Gasteiger partial charge >= 0.3 is 0 Å².